The Hall–Kier alpha value is -0.830. The summed E-state index contributed by atoms with van der Waals surface area (Å²) in [5.41, 5.74) is 0. The van der Waals surface area contributed by atoms with Crippen molar-refractivity contribution in [1.29, 1.82) is 0 Å². The van der Waals surface area contributed by atoms with Gasteiger partial charge in [0.1, 0.15) is 5.82 Å². The molecule has 1 fully saturated rings. The normalized spacial score (nSPS) is 17.6. The third kappa shape index (κ3) is 2.85. The van der Waals surface area contributed by atoms with Gasteiger partial charge in [-0.05, 0) is 25.3 Å². The molecule has 2 rings (SSSR count). The minimum atomic E-state index is 0.457. The molecule has 0 bridgehead atoms. The van der Waals surface area contributed by atoms with Crippen molar-refractivity contribution in [2.45, 2.75) is 52.1 Å². The maximum absolute atomic E-state index is 4.54. The fraction of sp³-hybridized carbons (Fsp3) is 0.769. The van der Waals surface area contributed by atoms with Gasteiger partial charge in [0.2, 0.25) is 0 Å². The summed E-state index contributed by atoms with van der Waals surface area (Å²) in [6.07, 6.45) is 9.30. The minimum absolute atomic E-state index is 0.457. The van der Waals surface area contributed by atoms with Gasteiger partial charge in [-0.3, -0.25) is 0 Å². The van der Waals surface area contributed by atoms with E-state index in [4.69, 9.17) is 0 Å². The van der Waals surface area contributed by atoms with Crippen LogP contribution in [0, 0.1) is 5.92 Å². The quantitative estimate of drug-likeness (QED) is 0.767. The first kappa shape index (κ1) is 11.6. The van der Waals surface area contributed by atoms with E-state index in [0.29, 0.717) is 6.04 Å². The average molecular weight is 221 g/mol. The molecule has 1 aliphatic rings. The molecule has 1 unspecified atom stereocenters. The van der Waals surface area contributed by atoms with Crippen LogP contribution in [0.2, 0.25) is 0 Å². The topological polar surface area (TPSA) is 29.9 Å². The molecular formula is C13H23N3. The summed E-state index contributed by atoms with van der Waals surface area (Å²) in [5.74, 6) is 2.17. The molecule has 0 saturated heterocycles. The van der Waals surface area contributed by atoms with Crippen LogP contribution in [0.4, 0.5) is 0 Å². The van der Waals surface area contributed by atoms with Crippen molar-refractivity contribution in [3.63, 3.8) is 0 Å². The monoisotopic (exact) mass is 221 g/mol. The molecule has 1 atom stereocenters. The Bertz CT molecular complexity index is 315. The van der Waals surface area contributed by atoms with E-state index in [2.05, 4.69) is 34.9 Å². The number of aromatic nitrogens is 2. The van der Waals surface area contributed by atoms with Crippen molar-refractivity contribution >= 4 is 0 Å². The Labute approximate surface area is 98.3 Å². The predicted octanol–water partition coefficient (Wildman–Crippen LogP) is 2.74. The summed E-state index contributed by atoms with van der Waals surface area (Å²) >= 11 is 0. The number of rotatable bonds is 7. The van der Waals surface area contributed by atoms with E-state index in [9.17, 15) is 0 Å². The molecule has 0 aliphatic heterocycles. The molecule has 1 heterocycles. The van der Waals surface area contributed by atoms with Crippen molar-refractivity contribution in [2.75, 3.05) is 6.54 Å². The van der Waals surface area contributed by atoms with Crippen LogP contribution in [0.3, 0.4) is 0 Å². The third-order valence-corrected chi connectivity index (χ3v) is 3.24. The van der Waals surface area contributed by atoms with Gasteiger partial charge in [-0.2, -0.15) is 0 Å². The Morgan fingerprint density at radius 2 is 2.31 bits per heavy atom. The number of hydrogen-bond donors (Lipinski definition) is 1. The van der Waals surface area contributed by atoms with Crippen LogP contribution in [0.1, 0.15) is 51.4 Å². The molecule has 3 heteroatoms. The van der Waals surface area contributed by atoms with Crippen molar-refractivity contribution in [3.05, 3.63) is 18.2 Å². The lowest BCUT2D eigenvalue weighted by molar-refractivity contribution is 0.443. The van der Waals surface area contributed by atoms with E-state index >= 15 is 0 Å². The molecule has 1 saturated carbocycles. The van der Waals surface area contributed by atoms with Gasteiger partial charge in [0.15, 0.2) is 0 Å². The molecule has 1 N–H and O–H groups in total. The zero-order valence-corrected chi connectivity index (χ0v) is 10.4. The standard InChI is InChI=1S/C13H23N3/c1-3-8-16-9-7-15-13(16)12(14-4-2)10-11-5-6-11/h7,9,11-12,14H,3-6,8,10H2,1-2H3. The highest BCUT2D eigenvalue weighted by atomic mass is 15.1. The second kappa shape index (κ2) is 5.48. The Kier molecular flexibility index (Phi) is 3.99. The highest BCUT2D eigenvalue weighted by Crippen LogP contribution is 2.37. The molecule has 1 aromatic heterocycles. The molecule has 0 radical (unpaired) electrons. The number of aryl methyl sites for hydroxylation is 1. The average Bonchev–Trinajstić information content (AvgIpc) is 2.97. The first-order valence-electron chi connectivity index (χ1n) is 6.59. The number of hydrogen-bond acceptors (Lipinski definition) is 2. The minimum Gasteiger partial charge on any atom is -0.334 e. The Balaban J connectivity index is 2.05. The molecule has 0 amide bonds. The molecule has 3 nitrogen and oxygen atoms in total. The lowest BCUT2D eigenvalue weighted by Crippen LogP contribution is -2.24. The highest BCUT2D eigenvalue weighted by Gasteiger charge is 2.27. The van der Waals surface area contributed by atoms with Gasteiger partial charge < -0.3 is 9.88 Å². The zero-order valence-electron chi connectivity index (χ0n) is 10.4. The summed E-state index contributed by atoms with van der Waals surface area (Å²) in [6, 6.07) is 0.457. The van der Waals surface area contributed by atoms with E-state index in [0.717, 1.165) is 19.0 Å². The lowest BCUT2D eigenvalue weighted by Gasteiger charge is -2.18. The maximum atomic E-state index is 4.54. The van der Waals surface area contributed by atoms with Crippen molar-refractivity contribution in [2.24, 2.45) is 5.92 Å². The first-order chi connectivity index (χ1) is 7.85. The van der Waals surface area contributed by atoms with E-state index in [1.165, 1.54) is 31.5 Å². The Morgan fingerprint density at radius 1 is 1.50 bits per heavy atom. The van der Waals surface area contributed by atoms with Gasteiger partial charge in [-0.25, -0.2) is 4.98 Å². The van der Waals surface area contributed by atoms with Crippen LogP contribution >= 0.6 is 0 Å². The van der Waals surface area contributed by atoms with Crippen LogP contribution < -0.4 is 5.32 Å². The SMILES string of the molecule is CCCn1ccnc1C(CC1CC1)NCC. The van der Waals surface area contributed by atoms with Gasteiger partial charge >= 0.3 is 0 Å². The van der Waals surface area contributed by atoms with Crippen LogP contribution in [-0.2, 0) is 6.54 Å². The molecular weight excluding hydrogens is 198 g/mol. The fourth-order valence-corrected chi connectivity index (χ4v) is 2.27. The Morgan fingerprint density at radius 3 is 2.94 bits per heavy atom. The predicted molar refractivity (Wildman–Crippen MR) is 66.3 cm³/mol. The van der Waals surface area contributed by atoms with Crippen LogP contribution in [-0.4, -0.2) is 16.1 Å². The molecule has 0 spiro atoms. The summed E-state index contributed by atoms with van der Waals surface area (Å²) in [7, 11) is 0. The zero-order chi connectivity index (χ0) is 11.4. The summed E-state index contributed by atoms with van der Waals surface area (Å²) in [4.78, 5) is 4.54. The molecule has 0 aromatic carbocycles. The van der Waals surface area contributed by atoms with E-state index in [1.807, 2.05) is 6.20 Å². The third-order valence-electron chi connectivity index (χ3n) is 3.24. The summed E-state index contributed by atoms with van der Waals surface area (Å²) in [5, 5.41) is 3.57. The number of nitrogens with zero attached hydrogens (tertiary/aromatic N) is 2. The largest absolute Gasteiger partial charge is 0.334 e. The van der Waals surface area contributed by atoms with Gasteiger partial charge in [0.05, 0.1) is 6.04 Å². The van der Waals surface area contributed by atoms with E-state index in [1.54, 1.807) is 0 Å². The smallest absolute Gasteiger partial charge is 0.125 e. The van der Waals surface area contributed by atoms with E-state index in [-0.39, 0.29) is 0 Å². The summed E-state index contributed by atoms with van der Waals surface area (Å²) < 4.78 is 2.30. The van der Waals surface area contributed by atoms with Crippen molar-refractivity contribution < 1.29 is 0 Å². The van der Waals surface area contributed by atoms with Crippen LogP contribution in [0.5, 0.6) is 0 Å². The van der Waals surface area contributed by atoms with Crippen molar-refractivity contribution in [1.82, 2.24) is 14.9 Å². The maximum Gasteiger partial charge on any atom is 0.125 e. The number of imidazole rings is 1. The van der Waals surface area contributed by atoms with Gasteiger partial charge in [0.25, 0.3) is 0 Å². The molecule has 16 heavy (non-hydrogen) atoms. The molecule has 1 aliphatic carbocycles. The van der Waals surface area contributed by atoms with Gasteiger partial charge in [0, 0.05) is 18.9 Å². The fourth-order valence-electron chi connectivity index (χ4n) is 2.27. The second-order valence-corrected chi connectivity index (χ2v) is 4.77. The highest BCUT2D eigenvalue weighted by molar-refractivity contribution is 5.01. The van der Waals surface area contributed by atoms with E-state index < -0.39 is 0 Å². The van der Waals surface area contributed by atoms with Crippen LogP contribution in [0.15, 0.2) is 12.4 Å². The van der Waals surface area contributed by atoms with Crippen molar-refractivity contribution in [3.8, 4) is 0 Å². The van der Waals surface area contributed by atoms with Crippen LogP contribution in [0.25, 0.3) is 0 Å². The van der Waals surface area contributed by atoms with Gasteiger partial charge in [-0.15, -0.1) is 0 Å². The number of nitrogens with one attached hydrogen (secondary N) is 1. The van der Waals surface area contributed by atoms with Gasteiger partial charge in [-0.1, -0.05) is 26.7 Å². The lowest BCUT2D eigenvalue weighted by atomic mass is 10.1. The first-order valence-corrected chi connectivity index (χ1v) is 6.59. The molecule has 1 aromatic rings. The molecule has 90 valence electrons. The second-order valence-electron chi connectivity index (χ2n) is 4.77. The summed E-state index contributed by atoms with van der Waals surface area (Å²) in [6.45, 7) is 6.50.